The topological polar surface area (TPSA) is 382 Å². The highest BCUT2D eigenvalue weighted by molar-refractivity contribution is 7.87. The van der Waals surface area contributed by atoms with Crippen LogP contribution in [0.25, 0.3) is 21.5 Å². The molecule has 3 heterocycles. The van der Waals surface area contributed by atoms with E-state index in [4.69, 9.17) is 47.5 Å². The summed E-state index contributed by atoms with van der Waals surface area (Å²) in [5.74, 6) is -1.96. The van der Waals surface area contributed by atoms with Gasteiger partial charge in [-0.15, -0.1) is 5.06 Å². The fourth-order valence-electron chi connectivity index (χ4n) is 10.8. The molecule has 4 aromatic carbocycles. The molecule has 0 bridgehead atoms. The zero-order valence-corrected chi connectivity index (χ0v) is 52.9. The highest BCUT2D eigenvalue weighted by Crippen LogP contribution is 2.54. The Hall–Kier alpha value is -5.76. The maximum atomic E-state index is 12.8. The number of hydrogen-bond acceptors (Lipinski definition) is 26. The first-order valence-electron chi connectivity index (χ1n) is 28.0. The van der Waals surface area contributed by atoms with E-state index < -0.39 is 88.7 Å². The maximum Gasteiger partial charge on any atom is 0.335 e. The normalized spacial score (nSPS) is 17.6. The average molecular weight is 1330 g/mol. The molecule has 0 saturated carbocycles. The van der Waals surface area contributed by atoms with Crippen LogP contribution < -0.4 is 4.90 Å². The molecule has 0 aromatic heterocycles. The monoisotopic (exact) mass is 1320 g/mol. The number of hydrogen-bond donors (Lipinski definition) is 0. The van der Waals surface area contributed by atoms with E-state index in [1.807, 2.05) is 16.4 Å². The molecule has 4 aromatic rings. The summed E-state index contributed by atoms with van der Waals surface area (Å²) in [6.07, 6.45) is 5.11. The molecule has 0 radical (unpaired) electrons. The molecule has 32 heteroatoms. The molecule has 2 amide bonds. The van der Waals surface area contributed by atoms with Gasteiger partial charge in [0, 0.05) is 80.1 Å². The molecule has 1 unspecified atom stereocenters. The Morgan fingerprint density at radius 3 is 1.52 bits per heavy atom. The first-order valence-corrected chi connectivity index (χ1v) is 33.6. The van der Waals surface area contributed by atoms with Crippen LogP contribution in [0.15, 0.2) is 92.0 Å². The van der Waals surface area contributed by atoms with E-state index in [2.05, 4.69) is 0 Å². The van der Waals surface area contributed by atoms with Crippen LogP contribution in [0.5, 0.6) is 0 Å². The number of nitrogens with zero attached hydrogens (tertiary/aromatic N) is 3. The molecular weight excluding hydrogens is 1250 g/mol. The van der Waals surface area contributed by atoms with Crippen molar-refractivity contribution in [2.45, 2.75) is 76.9 Å². The second kappa shape index (κ2) is 30.6. The number of hydroxylamine groups is 2. The number of allylic oxidation sites excluding steroid dienone is 4. The van der Waals surface area contributed by atoms with Crippen molar-refractivity contribution in [3.63, 3.8) is 0 Å². The van der Waals surface area contributed by atoms with E-state index in [0.717, 1.165) is 12.1 Å². The largest absolute Gasteiger partial charge is 0.744 e. The molecular formula is C57H70N3O25S4-3. The predicted molar refractivity (Wildman–Crippen MR) is 310 cm³/mol. The highest BCUT2D eigenvalue weighted by atomic mass is 32.2. The average Bonchev–Trinajstić information content (AvgIpc) is 1.62. The number of carbonyl (C=O) groups is 3. The van der Waals surface area contributed by atoms with Gasteiger partial charge in [-0.25, -0.2) is 38.5 Å². The molecule has 3 aliphatic rings. The molecule has 3 aliphatic heterocycles. The highest BCUT2D eigenvalue weighted by Gasteiger charge is 2.47. The van der Waals surface area contributed by atoms with Gasteiger partial charge in [0.1, 0.15) is 47.1 Å². The Bertz CT molecular complexity index is 3820. The number of methoxy groups -OCH3 is 2. The fraction of sp³-hybridized carbons (Fsp3) is 0.509. The summed E-state index contributed by atoms with van der Waals surface area (Å²) in [5.41, 5.74) is 0.299. The van der Waals surface area contributed by atoms with Crippen molar-refractivity contribution in [2.75, 3.05) is 138 Å². The standard InChI is InChI=1S/C57H73N3O25S4/c1-56(2)49(7-6-8-50-57(3,16-20-79-26-29-83-32-31-81-24-23-77-5)55-44-36-40(87(67,68)69)38-48(89(73,74)75)42(44)10-12-46(55)59(50)17-21-76-4)58(45-11-9-41-43(54(45)56)35-39(86(64,65)66)37-47(41)88(70,71)72)18-22-80-27-30-84-34-33-82-28-25-78-19-15-53(63)85-60-51(61)13-14-52(60)62/h6-12,35-38H,13-34H2,1-5H3,(H3-,64,65,66,67,68,69,70,71,72,73,74,75)/p-3. The second-order valence-electron chi connectivity index (χ2n) is 21.1. The molecule has 7 rings (SSSR count). The number of benzene rings is 4. The number of anilines is 1. The molecule has 1 fully saturated rings. The van der Waals surface area contributed by atoms with Gasteiger partial charge in [0.2, 0.25) is 5.69 Å². The lowest BCUT2D eigenvalue weighted by atomic mass is 9.76. The molecule has 1 atom stereocenters. The summed E-state index contributed by atoms with van der Waals surface area (Å²) < 4.78 is 205. The van der Waals surface area contributed by atoms with Crippen molar-refractivity contribution in [3.8, 4) is 0 Å². The Kier molecular flexibility index (Phi) is 24.3. The smallest absolute Gasteiger partial charge is 0.335 e. The maximum absolute atomic E-state index is 12.8. The van der Waals surface area contributed by atoms with Crippen LogP contribution in [0.3, 0.4) is 0 Å². The van der Waals surface area contributed by atoms with Gasteiger partial charge in [0.25, 0.3) is 11.8 Å². The van der Waals surface area contributed by atoms with E-state index in [1.54, 1.807) is 51.3 Å². The molecule has 89 heavy (non-hydrogen) atoms. The zero-order valence-electron chi connectivity index (χ0n) is 49.6. The lowest BCUT2D eigenvalue weighted by molar-refractivity contribution is -0.442. The van der Waals surface area contributed by atoms with Gasteiger partial charge >= 0.3 is 5.97 Å². The second-order valence-corrected chi connectivity index (χ2v) is 26.6. The van der Waals surface area contributed by atoms with Gasteiger partial charge in [-0.1, -0.05) is 12.1 Å². The Morgan fingerprint density at radius 1 is 0.562 bits per heavy atom. The Balaban J connectivity index is 1.17. The van der Waals surface area contributed by atoms with Crippen LogP contribution in [-0.4, -0.2) is 218 Å². The summed E-state index contributed by atoms with van der Waals surface area (Å²) in [6.45, 7) is 8.47. The van der Waals surface area contributed by atoms with Crippen molar-refractivity contribution in [2.24, 2.45) is 0 Å². The molecule has 0 spiro atoms. The summed E-state index contributed by atoms with van der Waals surface area (Å²) in [4.78, 5) is 38.2. The minimum atomic E-state index is -5.38. The van der Waals surface area contributed by atoms with Gasteiger partial charge in [-0.3, -0.25) is 9.59 Å². The lowest BCUT2D eigenvalue weighted by Crippen LogP contribution is -2.32. The molecule has 0 N–H and O–H groups in total. The van der Waals surface area contributed by atoms with Crippen LogP contribution in [-0.2, 0) is 113 Å². The third-order valence-corrected chi connectivity index (χ3v) is 18.3. The summed E-state index contributed by atoms with van der Waals surface area (Å²) in [5, 5.41) is 0.192. The fourth-order valence-corrected chi connectivity index (χ4v) is 13.5. The molecule has 1 saturated heterocycles. The van der Waals surface area contributed by atoms with Gasteiger partial charge in [0.05, 0.1) is 124 Å². The molecule has 490 valence electrons. The number of rotatable bonds is 37. The minimum absolute atomic E-state index is 0.0000243. The number of amides is 2. The van der Waals surface area contributed by atoms with Crippen molar-refractivity contribution in [3.05, 3.63) is 83.6 Å². The molecule has 28 nitrogen and oxygen atoms in total. The van der Waals surface area contributed by atoms with Gasteiger partial charge in [0.15, 0.2) is 12.3 Å². The van der Waals surface area contributed by atoms with Crippen molar-refractivity contribution in [1.29, 1.82) is 0 Å². The van der Waals surface area contributed by atoms with Crippen LogP contribution in [0.2, 0.25) is 0 Å². The Labute approximate surface area is 516 Å². The summed E-state index contributed by atoms with van der Waals surface area (Å²) in [6, 6.07) is 9.04. The molecule has 0 aliphatic carbocycles. The number of ether oxygens (including phenoxy) is 9. The third-order valence-electron chi connectivity index (χ3n) is 14.9. The van der Waals surface area contributed by atoms with Crippen LogP contribution >= 0.6 is 0 Å². The lowest BCUT2D eigenvalue weighted by Gasteiger charge is -2.31. The van der Waals surface area contributed by atoms with E-state index in [-0.39, 0.29) is 146 Å². The SMILES string of the molecule is COCCOCCOCCOCCC1(C)/C(=C\C=C\C2=[N+](CCOCCOCCOCCOCCC(=O)ON3C(=O)CCC3=O)c3ccc4c(S(=O)(=O)[O-])cc(S(=O)(=O)[O-])cc4c3C2(C)C)N(CCOC)c2ccc3c(S(=O)(=O)[O-])cc(S(=O)(=O)[O-])cc3c21. The van der Waals surface area contributed by atoms with E-state index in [9.17, 15) is 66.3 Å². The number of imide groups is 1. The zero-order chi connectivity index (χ0) is 65.0. The van der Waals surface area contributed by atoms with Crippen LogP contribution in [0.4, 0.5) is 11.4 Å². The Morgan fingerprint density at radius 2 is 1.02 bits per heavy atom. The van der Waals surface area contributed by atoms with Crippen molar-refractivity contribution < 1.29 is 118 Å². The quantitative estimate of drug-likeness (QED) is 0.0271. The van der Waals surface area contributed by atoms with E-state index in [0.29, 0.717) is 70.9 Å². The van der Waals surface area contributed by atoms with Crippen LogP contribution in [0, 0.1) is 0 Å². The first-order chi connectivity index (χ1) is 42.0. The van der Waals surface area contributed by atoms with Gasteiger partial charge < -0.3 is 70.6 Å². The van der Waals surface area contributed by atoms with Gasteiger partial charge in [-0.05, 0) is 91.4 Å². The summed E-state index contributed by atoms with van der Waals surface area (Å²) >= 11 is 0. The predicted octanol–water partition coefficient (Wildman–Crippen LogP) is 3.00. The number of carbonyl (C=O) groups excluding carboxylic acids is 3. The third kappa shape index (κ3) is 17.4. The summed E-state index contributed by atoms with van der Waals surface area (Å²) in [7, 11) is -18.4. The van der Waals surface area contributed by atoms with E-state index >= 15 is 0 Å². The first kappa shape index (κ1) is 70.7. The van der Waals surface area contributed by atoms with E-state index in [1.165, 1.54) is 19.2 Å². The van der Waals surface area contributed by atoms with Gasteiger partial charge in [-0.2, -0.15) is 4.58 Å². The van der Waals surface area contributed by atoms with Crippen molar-refractivity contribution in [1.82, 2.24) is 5.06 Å². The van der Waals surface area contributed by atoms with Crippen molar-refractivity contribution >= 4 is 96.9 Å². The minimum Gasteiger partial charge on any atom is -0.744 e. The van der Waals surface area contributed by atoms with Crippen LogP contribution in [0.1, 0.15) is 57.6 Å². The number of fused-ring (bicyclic) bond motifs is 6.